The van der Waals surface area contributed by atoms with Crippen molar-refractivity contribution in [3.05, 3.63) is 65.3 Å². The van der Waals surface area contributed by atoms with Gasteiger partial charge in [0.25, 0.3) is 5.91 Å². The minimum absolute atomic E-state index is 0.0776. The van der Waals surface area contributed by atoms with Gasteiger partial charge in [0.2, 0.25) is 0 Å². The second-order valence-corrected chi connectivity index (χ2v) is 6.77. The van der Waals surface area contributed by atoms with Crippen LogP contribution in [0.25, 0.3) is 10.7 Å². The molecule has 0 bridgehead atoms. The summed E-state index contributed by atoms with van der Waals surface area (Å²) in [6.07, 6.45) is 3.48. The molecule has 0 radical (unpaired) electrons. The maximum atomic E-state index is 12.4. The van der Waals surface area contributed by atoms with Gasteiger partial charge in [0.15, 0.2) is 0 Å². The van der Waals surface area contributed by atoms with Gasteiger partial charge in [-0.15, -0.1) is 11.3 Å². The number of thiazole rings is 1. The summed E-state index contributed by atoms with van der Waals surface area (Å²) in [5.41, 5.74) is 1.53. The maximum Gasteiger partial charge on any atom is 0.263 e. The zero-order valence-electron chi connectivity index (χ0n) is 14.6. The Morgan fingerprint density at radius 1 is 1.12 bits per heavy atom. The third kappa shape index (κ3) is 4.89. The van der Waals surface area contributed by atoms with Gasteiger partial charge in [0, 0.05) is 12.7 Å². The summed E-state index contributed by atoms with van der Waals surface area (Å²) in [6, 6.07) is 15.4. The van der Waals surface area contributed by atoms with Gasteiger partial charge >= 0.3 is 0 Å². The molecule has 0 saturated heterocycles. The van der Waals surface area contributed by atoms with Crippen LogP contribution < -0.4 is 10.1 Å². The lowest BCUT2D eigenvalue weighted by Gasteiger charge is -2.06. The Kier molecular flexibility index (Phi) is 6.33. The number of hydrogen-bond donors (Lipinski definition) is 1. The molecule has 1 amide bonds. The lowest BCUT2D eigenvalue weighted by molar-refractivity contribution is 0.0955. The molecular weight excluding hydrogens is 346 g/mol. The zero-order chi connectivity index (χ0) is 18.2. The van der Waals surface area contributed by atoms with Crippen LogP contribution in [0.2, 0.25) is 0 Å². The number of carbonyl (C=O) groups excluding carboxylic acids is 1. The number of para-hydroxylation sites is 1. The third-order valence-corrected chi connectivity index (χ3v) is 4.93. The van der Waals surface area contributed by atoms with Gasteiger partial charge < -0.3 is 10.1 Å². The molecular formula is C20H21N3O2S. The van der Waals surface area contributed by atoms with Crippen molar-refractivity contribution in [1.29, 1.82) is 0 Å². The molecule has 3 aromatic rings. The van der Waals surface area contributed by atoms with Crippen LogP contribution in [0.3, 0.4) is 0 Å². The van der Waals surface area contributed by atoms with E-state index < -0.39 is 0 Å². The van der Waals surface area contributed by atoms with E-state index in [0.29, 0.717) is 18.0 Å². The van der Waals surface area contributed by atoms with E-state index in [0.717, 1.165) is 35.0 Å². The molecule has 0 aliphatic heterocycles. The highest BCUT2D eigenvalue weighted by Gasteiger charge is 2.16. The Morgan fingerprint density at radius 2 is 1.92 bits per heavy atom. The Labute approximate surface area is 157 Å². The average molecular weight is 367 g/mol. The van der Waals surface area contributed by atoms with Crippen LogP contribution >= 0.6 is 11.3 Å². The summed E-state index contributed by atoms with van der Waals surface area (Å²) in [5, 5.41) is 3.73. The van der Waals surface area contributed by atoms with Crippen molar-refractivity contribution in [2.45, 2.75) is 19.8 Å². The molecule has 0 saturated carbocycles. The molecule has 1 N–H and O–H groups in total. The minimum Gasteiger partial charge on any atom is -0.494 e. The van der Waals surface area contributed by atoms with E-state index in [-0.39, 0.29) is 5.91 Å². The highest BCUT2D eigenvalue weighted by Crippen LogP contribution is 2.26. The largest absolute Gasteiger partial charge is 0.494 e. The molecule has 134 valence electrons. The summed E-state index contributed by atoms with van der Waals surface area (Å²) >= 11 is 1.38. The number of rotatable bonds is 8. The first-order chi connectivity index (χ1) is 12.7. The van der Waals surface area contributed by atoms with Crippen molar-refractivity contribution in [3.63, 3.8) is 0 Å². The third-order valence-electron chi connectivity index (χ3n) is 3.76. The average Bonchev–Trinajstić information content (AvgIpc) is 3.08. The number of aromatic nitrogens is 2. The van der Waals surface area contributed by atoms with Crippen LogP contribution in [-0.2, 0) is 0 Å². The van der Waals surface area contributed by atoms with Crippen LogP contribution in [-0.4, -0.2) is 29.0 Å². The fraction of sp³-hybridized carbons (Fsp3) is 0.250. The van der Waals surface area contributed by atoms with Gasteiger partial charge in [0.05, 0.1) is 18.0 Å². The van der Waals surface area contributed by atoms with Gasteiger partial charge in [-0.1, -0.05) is 24.3 Å². The van der Waals surface area contributed by atoms with Gasteiger partial charge in [-0.2, -0.15) is 0 Å². The van der Waals surface area contributed by atoms with E-state index in [1.165, 1.54) is 11.3 Å². The van der Waals surface area contributed by atoms with Crippen LogP contribution in [0.15, 0.2) is 54.7 Å². The highest BCUT2D eigenvalue weighted by atomic mass is 32.1. The molecule has 2 aromatic heterocycles. The quantitative estimate of drug-likeness (QED) is 0.609. The first-order valence-electron chi connectivity index (χ1n) is 8.59. The number of ether oxygens (including phenoxy) is 1. The van der Waals surface area contributed by atoms with E-state index in [2.05, 4.69) is 15.3 Å². The number of nitrogens with one attached hydrogen (secondary N) is 1. The number of benzene rings is 1. The normalized spacial score (nSPS) is 10.5. The molecule has 0 aliphatic carbocycles. The van der Waals surface area contributed by atoms with E-state index in [9.17, 15) is 4.79 Å². The van der Waals surface area contributed by atoms with Crippen LogP contribution in [0, 0.1) is 6.92 Å². The Bertz CT molecular complexity index is 835. The SMILES string of the molecule is Cc1nc(-c2ccccn2)sc1C(=O)NCCCCOc1ccccc1. The summed E-state index contributed by atoms with van der Waals surface area (Å²) < 4.78 is 5.64. The smallest absolute Gasteiger partial charge is 0.263 e. The van der Waals surface area contributed by atoms with E-state index >= 15 is 0 Å². The maximum absolute atomic E-state index is 12.4. The Morgan fingerprint density at radius 3 is 2.69 bits per heavy atom. The van der Waals surface area contributed by atoms with Crippen LogP contribution in [0.4, 0.5) is 0 Å². The molecule has 0 unspecified atom stereocenters. The van der Waals surface area contributed by atoms with Crippen LogP contribution in [0.1, 0.15) is 28.2 Å². The lowest BCUT2D eigenvalue weighted by atomic mass is 10.3. The van der Waals surface area contributed by atoms with Gasteiger partial charge in [-0.25, -0.2) is 4.98 Å². The summed E-state index contributed by atoms with van der Waals surface area (Å²) in [4.78, 5) is 21.8. The van der Waals surface area contributed by atoms with Crippen molar-refractivity contribution in [1.82, 2.24) is 15.3 Å². The van der Waals surface area contributed by atoms with Crippen molar-refractivity contribution in [3.8, 4) is 16.5 Å². The van der Waals surface area contributed by atoms with E-state index in [1.54, 1.807) is 6.20 Å². The predicted octanol–water partition coefficient (Wildman–Crippen LogP) is 4.10. The van der Waals surface area contributed by atoms with Crippen molar-refractivity contribution >= 4 is 17.2 Å². The number of aryl methyl sites for hydroxylation is 1. The number of pyridine rings is 1. The molecule has 6 heteroatoms. The summed E-state index contributed by atoms with van der Waals surface area (Å²) in [5.74, 6) is 0.796. The fourth-order valence-corrected chi connectivity index (χ4v) is 3.38. The zero-order valence-corrected chi connectivity index (χ0v) is 15.5. The fourth-order valence-electron chi connectivity index (χ4n) is 2.42. The first-order valence-corrected chi connectivity index (χ1v) is 9.40. The van der Waals surface area contributed by atoms with Crippen LogP contribution in [0.5, 0.6) is 5.75 Å². The standard InChI is InChI=1S/C20H21N3O2S/c1-15-18(26-20(23-15)17-11-5-6-12-21-17)19(24)22-13-7-8-14-25-16-9-3-2-4-10-16/h2-6,9-12H,7-8,13-14H2,1H3,(H,22,24). The Hall–Kier alpha value is -2.73. The Balaban J connectivity index is 1.43. The molecule has 0 spiro atoms. The molecule has 0 fully saturated rings. The number of carbonyl (C=O) groups is 1. The van der Waals surface area contributed by atoms with Crippen molar-refractivity contribution < 1.29 is 9.53 Å². The number of nitrogens with zero attached hydrogens (tertiary/aromatic N) is 2. The van der Waals surface area contributed by atoms with Gasteiger partial charge in [0.1, 0.15) is 15.6 Å². The lowest BCUT2D eigenvalue weighted by Crippen LogP contribution is -2.24. The molecule has 0 aliphatic rings. The van der Waals surface area contributed by atoms with E-state index in [1.807, 2.05) is 55.5 Å². The molecule has 1 aromatic carbocycles. The van der Waals surface area contributed by atoms with E-state index in [4.69, 9.17) is 4.74 Å². The summed E-state index contributed by atoms with van der Waals surface area (Å²) in [7, 11) is 0. The second kappa shape index (κ2) is 9.10. The van der Waals surface area contributed by atoms with Crippen molar-refractivity contribution in [2.75, 3.05) is 13.2 Å². The number of hydrogen-bond acceptors (Lipinski definition) is 5. The molecule has 2 heterocycles. The molecule has 5 nitrogen and oxygen atoms in total. The first kappa shape index (κ1) is 18.1. The second-order valence-electron chi connectivity index (χ2n) is 5.77. The summed E-state index contributed by atoms with van der Waals surface area (Å²) in [6.45, 7) is 3.11. The van der Waals surface area contributed by atoms with Gasteiger partial charge in [-0.3, -0.25) is 9.78 Å². The predicted molar refractivity (Wildman–Crippen MR) is 104 cm³/mol. The minimum atomic E-state index is -0.0776. The number of unbranched alkanes of at least 4 members (excludes halogenated alkanes) is 1. The molecule has 3 rings (SSSR count). The highest BCUT2D eigenvalue weighted by molar-refractivity contribution is 7.17. The topological polar surface area (TPSA) is 64.1 Å². The molecule has 0 atom stereocenters. The number of amides is 1. The van der Waals surface area contributed by atoms with Gasteiger partial charge in [-0.05, 0) is 44.0 Å². The monoisotopic (exact) mass is 367 g/mol. The van der Waals surface area contributed by atoms with Crippen molar-refractivity contribution in [2.24, 2.45) is 0 Å². The molecule has 26 heavy (non-hydrogen) atoms.